The third-order valence-electron chi connectivity index (χ3n) is 4.63. The molecule has 0 bridgehead atoms. The fourth-order valence-corrected chi connectivity index (χ4v) is 3.16. The van der Waals surface area contributed by atoms with Gasteiger partial charge in [0.05, 0.1) is 17.6 Å². The molecule has 1 aliphatic carbocycles. The molecule has 4 heteroatoms. The monoisotopic (exact) mass is 273 g/mol. The summed E-state index contributed by atoms with van der Waals surface area (Å²) in [6.07, 6.45) is 4.76. The van der Waals surface area contributed by atoms with Gasteiger partial charge in [0.25, 0.3) is 0 Å². The lowest BCUT2D eigenvalue weighted by Crippen LogP contribution is -2.40. The first kappa shape index (κ1) is 13.6. The van der Waals surface area contributed by atoms with Crippen molar-refractivity contribution < 1.29 is 4.74 Å². The van der Waals surface area contributed by atoms with Crippen LogP contribution >= 0.6 is 0 Å². The highest BCUT2D eigenvalue weighted by molar-refractivity contribution is 5.75. The summed E-state index contributed by atoms with van der Waals surface area (Å²) >= 11 is 0. The van der Waals surface area contributed by atoms with Crippen LogP contribution < -0.4 is 5.73 Å². The second-order valence-corrected chi connectivity index (χ2v) is 5.90. The van der Waals surface area contributed by atoms with Crippen LogP contribution in [0, 0.1) is 5.41 Å². The second-order valence-electron chi connectivity index (χ2n) is 5.90. The molecule has 0 saturated heterocycles. The molecule has 20 heavy (non-hydrogen) atoms. The quantitative estimate of drug-likeness (QED) is 0.879. The molecule has 1 aromatic carbocycles. The van der Waals surface area contributed by atoms with E-state index in [2.05, 4.69) is 22.8 Å². The number of ether oxygens (including phenoxy) is 1. The van der Waals surface area contributed by atoms with Gasteiger partial charge in [-0.25, -0.2) is 4.98 Å². The van der Waals surface area contributed by atoms with Gasteiger partial charge in [-0.1, -0.05) is 18.6 Å². The van der Waals surface area contributed by atoms with E-state index in [4.69, 9.17) is 15.5 Å². The van der Waals surface area contributed by atoms with E-state index >= 15 is 0 Å². The Morgan fingerprint density at radius 3 is 2.80 bits per heavy atom. The molecule has 1 saturated carbocycles. The molecule has 2 N–H and O–H groups in total. The zero-order chi connectivity index (χ0) is 14.0. The number of para-hydroxylation sites is 2. The molecule has 1 heterocycles. The van der Waals surface area contributed by atoms with Gasteiger partial charge in [-0.3, -0.25) is 0 Å². The van der Waals surface area contributed by atoms with Crippen molar-refractivity contribution in [3.63, 3.8) is 0 Å². The Labute approximate surface area is 119 Å². The van der Waals surface area contributed by atoms with Crippen LogP contribution in [0.5, 0.6) is 0 Å². The van der Waals surface area contributed by atoms with Gasteiger partial charge >= 0.3 is 0 Å². The predicted octanol–water partition coefficient (Wildman–Crippen LogP) is 2.35. The predicted molar refractivity (Wildman–Crippen MR) is 80.7 cm³/mol. The molecule has 0 atom stereocenters. The highest BCUT2D eigenvalue weighted by Crippen LogP contribution is 2.42. The van der Waals surface area contributed by atoms with Gasteiger partial charge < -0.3 is 15.0 Å². The lowest BCUT2D eigenvalue weighted by atomic mass is 9.66. The van der Waals surface area contributed by atoms with E-state index in [0.717, 1.165) is 30.9 Å². The van der Waals surface area contributed by atoms with E-state index in [9.17, 15) is 0 Å². The molecule has 4 nitrogen and oxygen atoms in total. The van der Waals surface area contributed by atoms with Gasteiger partial charge in [-0.05, 0) is 36.9 Å². The van der Waals surface area contributed by atoms with Crippen molar-refractivity contribution in [1.29, 1.82) is 0 Å². The number of benzene rings is 1. The number of imidazole rings is 1. The maximum absolute atomic E-state index is 6.00. The van der Waals surface area contributed by atoms with Gasteiger partial charge in [0.1, 0.15) is 5.82 Å². The Morgan fingerprint density at radius 1 is 1.35 bits per heavy atom. The fourth-order valence-electron chi connectivity index (χ4n) is 3.16. The maximum Gasteiger partial charge on any atom is 0.110 e. The van der Waals surface area contributed by atoms with Gasteiger partial charge in [-0.15, -0.1) is 0 Å². The van der Waals surface area contributed by atoms with Gasteiger partial charge in [0.2, 0.25) is 0 Å². The third-order valence-corrected chi connectivity index (χ3v) is 4.63. The van der Waals surface area contributed by atoms with Crippen molar-refractivity contribution in [3.05, 3.63) is 30.1 Å². The molecular formula is C16H23N3O. The van der Waals surface area contributed by atoms with Crippen LogP contribution in [0.3, 0.4) is 0 Å². The van der Waals surface area contributed by atoms with Gasteiger partial charge in [0, 0.05) is 20.1 Å². The number of rotatable bonds is 6. The van der Waals surface area contributed by atoms with Crippen molar-refractivity contribution in [2.45, 2.75) is 32.2 Å². The average molecular weight is 273 g/mol. The molecular weight excluding hydrogens is 250 g/mol. The first-order chi connectivity index (χ1) is 9.78. The summed E-state index contributed by atoms with van der Waals surface area (Å²) in [4.78, 5) is 4.83. The van der Waals surface area contributed by atoms with E-state index in [1.807, 2.05) is 6.07 Å². The molecule has 2 aromatic rings. The molecule has 0 aliphatic heterocycles. The van der Waals surface area contributed by atoms with Crippen LogP contribution in [-0.4, -0.2) is 29.8 Å². The van der Waals surface area contributed by atoms with Crippen molar-refractivity contribution in [2.75, 3.05) is 20.3 Å². The summed E-state index contributed by atoms with van der Waals surface area (Å²) in [5, 5.41) is 0. The van der Waals surface area contributed by atoms with Crippen molar-refractivity contribution >= 4 is 11.0 Å². The molecule has 3 rings (SSSR count). The minimum absolute atomic E-state index is 0.284. The summed E-state index contributed by atoms with van der Waals surface area (Å²) in [7, 11) is 1.74. The van der Waals surface area contributed by atoms with Gasteiger partial charge in [0.15, 0.2) is 0 Å². The van der Waals surface area contributed by atoms with E-state index < -0.39 is 0 Å². The second kappa shape index (κ2) is 5.54. The van der Waals surface area contributed by atoms with Crippen LogP contribution in [0.25, 0.3) is 11.0 Å². The summed E-state index contributed by atoms with van der Waals surface area (Å²) in [5.41, 5.74) is 8.56. The largest absolute Gasteiger partial charge is 0.383 e. The fraction of sp³-hybridized carbons (Fsp3) is 0.562. The summed E-state index contributed by atoms with van der Waals surface area (Å²) in [6.45, 7) is 2.33. The molecule has 0 amide bonds. The number of nitrogens with two attached hydrogens (primary N) is 1. The third kappa shape index (κ3) is 2.34. The zero-order valence-corrected chi connectivity index (χ0v) is 12.1. The maximum atomic E-state index is 6.00. The molecule has 1 aromatic heterocycles. The van der Waals surface area contributed by atoms with Crippen molar-refractivity contribution in [2.24, 2.45) is 11.1 Å². The Bertz CT molecular complexity index is 581. The van der Waals surface area contributed by atoms with Crippen LogP contribution in [-0.2, 0) is 17.7 Å². The summed E-state index contributed by atoms with van der Waals surface area (Å²) in [6, 6.07) is 8.33. The number of nitrogens with zero attached hydrogens (tertiary/aromatic N) is 2. The Balaban J connectivity index is 1.95. The first-order valence-electron chi connectivity index (χ1n) is 7.41. The highest BCUT2D eigenvalue weighted by Gasteiger charge is 2.37. The van der Waals surface area contributed by atoms with E-state index in [-0.39, 0.29) is 5.41 Å². The van der Waals surface area contributed by atoms with Gasteiger partial charge in [-0.2, -0.15) is 0 Å². The highest BCUT2D eigenvalue weighted by atomic mass is 16.5. The molecule has 108 valence electrons. The lowest BCUT2D eigenvalue weighted by molar-refractivity contribution is 0.138. The molecule has 0 spiro atoms. The Hall–Kier alpha value is -1.39. The number of aromatic nitrogens is 2. The number of methoxy groups -OCH3 is 1. The Kier molecular flexibility index (Phi) is 3.76. The Morgan fingerprint density at radius 2 is 2.15 bits per heavy atom. The SMILES string of the molecule is COCCn1c(CC2(CN)CCC2)nc2ccccc21. The van der Waals surface area contributed by atoms with Crippen LogP contribution in [0.4, 0.5) is 0 Å². The van der Waals surface area contributed by atoms with Crippen LogP contribution in [0.1, 0.15) is 25.1 Å². The number of fused-ring (bicyclic) bond motifs is 1. The molecule has 0 unspecified atom stereocenters. The van der Waals surface area contributed by atoms with E-state index in [1.54, 1.807) is 7.11 Å². The lowest BCUT2D eigenvalue weighted by Gasteiger charge is -2.40. The minimum atomic E-state index is 0.284. The first-order valence-corrected chi connectivity index (χ1v) is 7.41. The minimum Gasteiger partial charge on any atom is -0.383 e. The summed E-state index contributed by atoms with van der Waals surface area (Å²) in [5.74, 6) is 1.16. The number of hydrogen-bond acceptors (Lipinski definition) is 3. The molecule has 1 fully saturated rings. The summed E-state index contributed by atoms with van der Waals surface area (Å²) < 4.78 is 7.54. The van der Waals surface area contributed by atoms with Crippen molar-refractivity contribution in [1.82, 2.24) is 9.55 Å². The topological polar surface area (TPSA) is 53.1 Å². The smallest absolute Gasteiger partial charge is 0.110 e. The van der Waals surface area contributed by atoms with Crippen LogP contribution in [0.2, 0.25) is 0 Å². The zero-order valence-electron chi connectivity index (χ0n) is 12.1. The molecule has 1 aliphatic rings. The standard InChI is InChI=1S/C16H23N3O/c1-20-10-9-19-14-6-3-2-5-13(14)18-15(19)11-16(12-17)7-4-8-16/h2-3,5-6H,4,7-12,17H2,1H3. The average Bonchev–Trinajstić information content (AvgIpc) is 2.78. The van der Waals surface area contributed by atoms with E-state index in [0.29, 0.717) is 6.61 Å². The molecule has 0 radical (unpaired) electrons. The van der Waals surface area contributed by atoms with Crippen molar-refractivity contribution in [3.8, 4) is 0 Å². The van der Waals surface area contributed by atoms with E-state index in [1.165, 1.54) is 24.8 Å². The number of hydrogen-bond donors (Lipinski definition) is 1. The normalized spacial score (nSPS) is 17.3. The van der Waals surface area contributed by atoms with Crippen LogP contribution in [0.15, 0.2) is 24.3 Å².